The summed E-state index contributed by atoms with van der Waals surface area (Å²) in [7, 11) is 3.28. The number of hydrogen-bond acceptors (Lipinski definition) is 4. The van der Waals surface area contributed by atoms with Gasteiger partial charge in [0.25, 0.3) is 0 Å². The van der Waals surface area contributed by atoms with Crippen LogP contribution in [-0.4, -0.2) is 30.6 Å². The van der Waals surface area contributed by atoms with Gasteiger partial charge in [-0.15, -0.1) is 0 Å². The molecule has 1 rings (SSSR count). The zero-order valence-corrected chi connectivity index (χ0v) is 10.2. The van der Waals surface area contributed by atoms with Crippen molar-refractivity contribution in [2.45, 2.75) is 25.8 Å². The highest BCUT2D eigenvalue weighted by atomic mass is 16.5. The van der Waals surface area contributed by atoms with Crippen LogP contribution in [0, 0.1) is 0 Å². The lowest BCUT2D eigenvalue weighted by atomic mass is 9.98. The standard InChI is InChI=1S/C12H18N2O2/c1-12(2,13-3)7-10-6-5-9(8-14-10)11(15)16-4/h5-6,8,13H,7H2,1-4H3. The molecule has 0 bridgehead atoms. The first-order valence-corrected chi connectivity index (χ1v) is 5.20. The predicted octanol–water partition coefficient (Wildman–Crippen LogP) is 1.41. The van der Waals surface area contributed by atoms with E-state index >= 15 is 0 Å². The number of esters is 1. The van der Waals surface area contributed by atoms with Crippen LogP contribution in [0.4, 0.5) is 0 Å². The molecule has 88 valence electrons. The normalized spacial score (nSPS) is 11.2. The minimum absolute atomic E-state index is 0.000216. The summed E-state index contributed by atoms with van der Waals surface area (Å²) in [4.78, 5) is 15.4. The lowest BCUT2D eigenvalue weighted by Crippen LogP contribution is -2.38. The molecule has 0 spiro atoms. The number of ether oxygens (including phenoxy) is 1. The summed E-state index contributed by atoms with van der Waals surface area (Å²) in [6.07, 6.45) is 2.36. The summed E-state index contributed by atoms with van der Waals surface area (Å²) in [5.74, 6) is -0.355. The first kappa shape index (κ1) is 12.6. The van der Waals surface area contributed by atoms with E-state index in [9.17, 15) is 4.79 Å². The van der Waals surface area contributed by atoms with Crippen LogP contribution in [-0.2, 0) is 11.2 Å². The average Bonchev–Trinajstić information content (AvgIpc) is 2.28. The Morgan fingerprint density at radius 3 is 2.62 bits per heavy atom. The van der Waals surface area contributed by atoms with Gasteiger partial charge in [0.1, 0.15) is 0 Å². The van der Waals surface area contributed by atoms with E-state index < -0.39 is 0 Å². The maximum atomic E-state index is 11.2. The van der Waals surface area contributed by atoms with Crippen molar-refractivity contribution in [2.75, 3.05) is 14.2 Å². The molecule has 0 fully saturated rings. The van der Waals surface area contributed by atoms with Crippen molar-refractivity contribution in [2.24, 2.45) is 0 Å². The third-order valence-electron chi connectivity index (χ3n) is 2.55. The van der Waals surface area contributed by atoms with E-state index in [1.54, 1.807) is 12.3 Å². The number of nitrogens with zero attached hydrogens (tertiary/aromatic N) is 1. The Bertz CT molecular complexity index is 358. The van der Waals surface area contributed by atoms with Crippen LogP contribution in [0.15, 0.2) is 18.3 Å². The molecular weight excluding hydrogens is 204 g/mol. The molecule has 0 unspecified atom stereocenters. The van der Waals surface area contributed by atoms with Crippen molar-refractivity contribution in [1.29, 1.82) is 0 Å². The van der Waals surface area contributed by atoms with Gasteiger partial charge >= 0.3 is 5.97 Å². The number of carbonyl (C=O) groups is 1. The molecule has 0 saturated carbocycles. The fourth-order valence-electron chi connectivity index (χ4n) is 1.31. The number of pyridine rings is 1. The Morgan fingerprint density at radius 2 is 2.19 bits per heavy atom. The Morgan fingerprint density at radius 1 is 1.50 bits per heavy atom. The van der Waals surface area contributed by atoms with Crippen molar-refractivity contribution in [3.8, 4) is 0 Å². The van der Waals surface area contributed by atoms with E-state index in [2.05, 4.69) is 28.9 Å². The van der Waals surface area contributed by atoms with E-state index in [0.29, 0.717) is 5.56 Å². The second-order valence-corrected chi connectivity index (χ2v) is 4.34. The van der Waals surface area contributed by atoms with E-state index in [-0.39, 0.29) is 11.5 Å². The molecule has 1 N–H and O–H groups in total. The Balaban J connectivity index is 2.76. The average molecular weight is 222 g/mol. The molecule has 0 aromatic carbocycles. The van der Waals surface area contributed by atoms with Crippen LogP contribution in [0.2, 0.25) is 0 Å². The molecule has 0 aliphatic rings. The summed E-state index contributed by atoms with van der Waals surface area (Å²) < 4.78 is 4.61. The number of rotatable bonds is 4. The minimum atomic E-state index is -0.355. The van der Waals surface area contributed by atoms with Crippen LogP contribution >= 0.6 is 0 Å². The highest BCUT2D eigenvalue weighted by Gasteiger charge is 2.16. The molecule has 1 aromatic heterocycles. The molecule has 0 radical (unpaired) electrons. The highest BCUT2D eigenvalue weighted by molar-refractivity contribution is 5.88. The third kappa shape index (κ3) is 3.31. The molecule has 0 amide bonds. The monoisotopic (exact) mass is 222 g/mol. The number of likely N-dealkylation sites (N-methyl/N-ethyl adjacent to an activating group) is 1. The molecule has 1 aromatic rings. The first-order valence-electron chi connectivity index (χ1n) is 5.20. The fraction of sp³-hybridized carbons (Fsp3) is 0.500. The largest absolute Gasteiger partial charge is 0.465 e. The fourth-order valence-corrected chi connectivity index (χ4v) is 1.31. The number of aromatic nitrogens is 1. The smallest absolute Gasteiger partial charge is 0.339 e. The lowest BCUT2D eigenvalue weighted by Gasteiger charge is -2.23. The number of methoxy groups -OCH3 is 1. The zero-order valence-electron chi connectivity index (χ0n) is 10.2. The van der Waals surface area contributed by atoms with E-state index in [1.807, 2.05) is 13.1 Å². The Labute approximate surface area is 96.0 Å². The van der Waals surface area contributed by atoms with Crippen molar-refractivity contribution in [3.05, 3.63) is 29.6 Å². The van der Waals surface area contributed by atoms with Gasteiger partial charge in [-0.05, 0) is 33.0 Å². The molecule has 16 heavy (non-hydrogen) atoms. The van der Waals surface area contributed by atoms with E-state index in [1.165, 1.54) is 7.11 Å². The number of hydrogen-bond donors (Lipinski definition) is 1. The van der Waals surface area contributed by atoms with E-state index in [0.717, 1.165) is 12.1 Å². The quantitative estimate of drug-likeness (QED) is 0.783. The minimum Gasteiger partial charge on any atom is -0.465 e. The van der Waals surface area contributed by atoms with Crippen LogP contribution in [0.25, 0.3) is 0 Å². The summed E-state index contributed by atoms with van der Waals surface area (Å²) in [6.45, 7) is 4.20. The predicted molar refractivity (Wildman–Crippen MR) is 62.4 cm³/mol. The van der Waals surface area contributed by atoms with Crippen molar-refractivity contribution in [3.63, 3.8) is 0 Å². The lowest BCUT2D eigenvalue weighted by molar-refractivity contribution is 0.0600. The highest BCUT2D eigenvalue weighted by Crippen LogP contribution is 2.11. The first-order chi connectivity index (χ1) is 7.48. The zero-order chi connectivity index (χ0) is 12.2. The molecule has 0 saturated heterocycles. The molecular formula is C12H18N2O2. The van der Waals surface area contributed by atoms with Crippen LogP contribution in [0.1, 0.15) is 29.9 Å². The third-order valence-corrected chi connectivity index (χ3v) is 2.55. The van der Waals surface area contributed by atoms with Crippen LogP contribution in [0.5, 0.6) is 0 Å². The molecule has 0 atom stereocenters. The van der Waals surface area contributed by atoms with Gasteiger partial charge in [0, 0.05) is 23.9 Å². The van der Waals surface area contributed by atoms with Crippen LogP contribution in [0.3, 0.4) is 0 Å². The molecule has 4 nitrogen and oxygen atoms in total. The second-order valence-electron chi connectivity index (χ2n) is 4.34. The van der Waals surface area contributed by atoms with Gasteiger partial charge in [-0.1, -0.05) is 0 Å². The van der Waals surface area contributed by atoms with Crippen molar-refractivity contribution in [1.82, 2.24) is 10.3 Å². The van der Waals surface area contributed by atoms with Crippen molar-refractivity contribution < 1.29 is 9.53 Å². The molecule has 4 heteroatoms. The summed E-state index contributed by atoms with van der Waals surface area (Å²) >= 11 is 0. The van der Waals surface area contributed by atoms with Gasteiger partial charge < -0.3 is 10.1 Å². The van der Waals surface area contributed by atoms with Gasteiger partial charge in [-0.3, -0.25) is 4.98 Å². The Kier molecular flexibility index (Phi) is 4.01. The SMILES string of the molecule is CNC(C)(C)Cc1ccc(C(=O)OC)cn1. The van der Waals surface area contributed by atoms with Crippen molar-refractivity contribution >= 4 is 5.97 Å². The van der Waals surface area contributed by atoms with E-state index in [4.69, 9.17) is 0 Å². The van der Waals surface area contributed by atoms with Gasteiger partial charge in [0.2, 0.25) is 0 Å². The maximum Gasteiger partial charge on any atom is 0.339 e. The summed E-state index contributed by atoms with van der Waals surface area (Å²) in [5, 5.41) is 3.21. The number of nitrogens with one attached hydrogen (secondary N) is 1. The van der Waals surface area contributed by atoms with Gasteiger partial charge in [0.05, 0.1) is 12.7 Å². The molecule has 1 heterocycles. The topological polar surface area (TPSA) is 51.2 Å². The van der Waals surface area contributed by atoms with Crippen LogP contribution < -0.4 is 5.32 Å². The van der Waals surface area contributed by atoms with Gasteiger partial charge in [-0.2, -0.15) is 0 Å². The summed E-state index contributed by atoms with van der Waals surface area (Å²) in [5.41, 5.74) is 1.43. The van der Waals surface area contributed by atoms with Gasteiger partial charge in [0.15, 0.2) is 0 Å². The van der Waals surface area contributed by atoms with Gasteiger partial charge in [-0.25, -0.2) is 4.79 Å². The number of carbonyl (C=O) groups excluding carboxylic acids is 1. The second kappa shape index (κ2) is 5.07. The molecule has 0 aliphatic carbocycles. The molecule has 0 aliphatic heterocycles. The maximum absolute atomic E-state index is 11.2. The summed E-state index contributed by atoms with van der Waals surface area (Å²) in [6, 6.07) is 3.59. The Hall–Kier alpha value is -1.42.